The van der Waals surface area contributed by atoms with E-state index in [1.54, 1.807) is 0 Å². The summed E-state index contributed by atoms with van der Waals surface area (Å²) in [4.78, 5) is 0. The molecule has 1 heterocycles. The fourth-order valence-corrected chi connectivity index (χ4v) is 2.80. The molecular formula is C12H19NS. The number of rotatable bonds is 0. The van der Waals surface area contributed by atoms with Gasteiger partial charge in [-0.2, -0.15) is 17.0 Å². The number of hydrogen-bond donors (Lipinski definition) is 0. The second-order valence-electron chi connectivity index (χ2n) is 4.14. The first-order valence-corrected chi connectivity index (χ1v) is 6.52. The molecule has 1 aliphatic rings. The minimum absolute atomic E-state index is 0.257. The highest BCUT2D eigenvalue weighted by Gasteiger charge is 2.11. The molecule has 0 radical (unpaired) electrons. The molecule has 1 nitrogen and oxygen atoms in total. The van der Waals surface area contributed by atoms with Crippen LogP contribution in [-0.2, 0) is 0 Å². The third-order valence-corrected chi connectivity index (χ3v) is 4.09. The molecule has 0 saturated heterocycles. The van der Waals surface area contributed by atoms with Crippen LogP contribution in [0.2, 0.25) is 0 Å². The first-order valence-electron chi connectivity index (χ1n) is 5.36. The summed E-state index contributed by atoms with van der Waals surface area (Å²) >= 11 is 2.03. The first-order chi connectivity index (χ1) is 6.74. The van der Waals surface area contributed by atoms with Crippen LogP contribution in [0, 0.1) is 17.2 Å². The summed E-state index contributed by atoms with van der Waals surface area (Å²) in [5, 5.41) is 9.00. The van der Waals surface area contributed by atoms with E-state index in [9.17, 15) is 0 Å². The molecule has 1 rings (SSSR count). The van der Waals surface area contributed by atoms with E-state index >= 15 is 0 Å². The minimum Gasteiger partial charge on any atom is -0.198 e. The molecule has 0 aromatic carbocycles. The maximum absolute atomic E-state index is 9.00. The smallest absolute Gasteiger partial charge is 0.0659 e. The molecule has 0 aliphatic carbocycles. The van der Waals surface area contributed by atoms with Gasteiger partial charge in [0.15, 0.2) is 0 Å². The van der Waals surface area contributed by atoms with Gasteiger partial charge in [-0.3, -0.25) is 0 Å². The molecule has 78 valence electrons. The van der Waals surface area contributed by atoms with Gasteiger partial charge in [0.1, 0.15) is 0 Å². The second-order valence-corrected chi connectivity index (χ2v) is 5.24. The summed E-state index contributed by atoms with van der Waals surface area (Å²) < 4.78 is 0. The summed E-state index contributed by atoms with van der Waals surface area (Å²) in [6.45, 7) is 4.39. The van der Waals surface area contributed by atoms with Crippen LogP contribution in [0.1, 0.15) is 39.5 Å². The van der Waals surface area contributed by atoms with E-state index in [-0.39, 0.29) is 5.92 Å². The molecule has 0 saturated carbocycles. The number of nitrogens with zero attached hydrogens (tertiary/aromatic N) is 1. The summed E-state index contributed by atoms with van der Waals surface area (Å²) in [6.07, 6.45) is 4.57. The van der Waals surface area contributed by atoms with Crippen molar-refractivity contribution in [3.05, 3.63) is 11.1 Å². The lowest BCUT2D eigenvalue weighted by atomic mass is 9.94. The molecule has 0 amide bonds. The Morgan fingerprint density at radius 1 is 1.29 bits per heavy atom. The van der Waals surface area contributed by atoms with E-state index < -0.39 is 0 Å². The van der Waals surface area contributed by atoms with Gasteiger partial charge in [-0.1, -0.05) is 17.6 Å². The molecule has 1 atom stereocenters. The highest BCUT2D eigenvalue weighted by atomic mass is 32.2. The Labute approximate surface area is 91.6 Å². The van der Waals surface area contributed by atoms with Crippen LogP contribution in [0.4, 0.5) is 0 Å². The van der Waals surface area contributed by atoms with Crippen LogP contribution in [0.25, 0.3) is 0 Å². The van der Waals surface area contributed by atoms with Crippen LogP contribution < -0.4 is 0 Å². The predicted molar refractivity (Wildman–Crippen MR) is 63.3 cm³/mol. The molecule has 0 bridgehead atoms. The first kappa shape index (κ1) is 11.7. The van der Waals surface area contributed by atoms with Gasteiger partial charge in [0.25, 0.3) is 0 Å². The van der Waals surface area contributed by atoms with E-state index in [2.05, 4.69) is 19.9 Å². The monoisotopic (exact) mass is 209 g/mol. The summed E-state index contributed by atoms with van der Waals surface area (Å²) in [5.74, 6) is 2.67. The zero-order valence-electron chi connectivity index (χ0n) is 9.18. The van der Waals surface area contributed by atoms with Crippen molar-refractivity contribution in [2.45, 2.75) is 39.5 Å². The standard InChI is InChI=1S/C12H19NS/c1-10-7-12(8-13)5-3-4-6-14-9-11(10)2/h12H,3-7,9H2,1-2H3/b11-10-. The molecule has 0 aromatic rings. The predicted octanol–water partition coefficient (Wildman–Crippen LogP) is 3.77. The molecule has 1 aliphatic heterocycles. The Morgan fingerprint density at radius 2 is 2.07 bits per heavy atom. The lowest BCUT2D eigenvalue weighted by Gasteiger charge is -2.14. The van der Waals surface area contributed by atoms with Crippen LogP contribution in [0.3, 0.4) is 0 Å². The van der Waals surface area contributed by atoms with Gasteiger partial charge in [0.05, 0.1) is 12.0 Å². The number of thioether (sulfide) groups is 1. The van der Waals surface area contributed by atoms with E-state index in [1.807, 2.05) is 11.8 Å². The molecule has 0 fully saturated rings. The van der Waals surface area contributed by atoms with Crippen LogP contribution in [0.15, 0.2) is 11.1 Å². The Morgan fingerprint density at radius 3 is 2.79 bits per heavy atom. The number of hydrogen-bond acceptors (Lipinski definition) is 2. The zero-order chi connectivity index (χ0) is 10.4. The van der Waals surface area contributed by atoms with Crippen molar-refractivity contribution in [3.63, 3.8) is 0 Å². The van der Waals surface area contributed by atoms with E-state index in [0.29, 0.717) is 0 Å². The molecular weight excluding hydrogens is 190 g/mol. The number of allylic oxidation sites excluding steroid dienone is 1. The van der Waals surface area contributed by atoms with E-state index in [1.165, 1.54) is 29.7 Å². The minimum atomic E-state index is 0.257. The number of nitriles is 1. The van der Waals surface area contributed by atoms with Gasteiger partial charge in [-0.05, 0) is 38.9 Å². The van der Waals surface area contributed by atoms with Crippen molar-refractivity contribution in [3.8, 4) is 6.07 Å². The third kappa shape index (κ3) is 3.75. The van der Waals surface area contributed by atoms with E-state index in [4.69, 9.17) is 5.26 Å². The average Bonchev–Trinajstić information content (AvgIpc) is 2.20. The second kappa shape index (κ2) is 6.14. The molecule has 2 heteroatoms. The van der Waals surface area contributed by atoms with Crippen molar-refractivity contribution in [2.75, 3.05) is 11.5 Å². The summed E-state index contributed by atoms with van der Waals surface area (Å²) in [7, 11) is 0. The maximum atomic E-state index is 9.00. The van der Waals surface area contributed by atoms with Crippen molar-refractivity contribution in [1.82, 2.24) is 0 Å². The SMILES string of the molecule is C/C1=C(\C)CC(C#N)CCCCSC1. The maximum Gasteiger partial charge on any atom is 0.0659 e. The van der Waals surface area contributed by atoms with Gasteiger partial charge in [-0.25, -0.2) is 0 Å². The Kier molecular flexibility index (Phi) is 5.11. The van der Waals surface area contributed by atoms with Gasteiger partial charge < -0.3 is 0 Å². The van der Waals surface area contributed by atoms with Gasteiger partial charge in [0.2, 0.25) is 0 Å². The van der Waals surface area contributed by atoms with E-state index in [0.717, 1.165) is 18.6 Å². The Balaban J connectivity index is 2.64. The topological polar surface area (TPSA) is 23.8 Å². The highest BCUT2D eigenvalue weighted by Crippen LogP contribution is 2.24. The Hall–Kier alpha value is -0.420. The van der Waals surface area contributed by atoms with Crippen molar-refractivity contribution in [1.29, 1.82) is 5.26 Å². The molecule has 14 heavy (non-hydrogen) atoms. The van der Waals surface area contributed by atoms with Crippen molar-refractivity contribution < 1.29 is 0 Å². The molecule has 0 spiro atoms. The van der Waals surface area contributed by atoms with Gasteiger partial charge >= 0.3 is 0 Å². The molecule has 1 unspecified atom stereocenters. The van der Waals surface area contributed by atoms with Gasteiger partial charge in [0, 0.05) is 5.75 Å². The fraction of sp³-hybridized carbons (Fsp3) is 0.750. The van der Waals surface area contributed by atoms with Gasteiger partial charge in [-0.15, -0.1) is 0 Å². The normalized spacial score (nSPS) is 30.8. The average molecular weight is 209 g/mol. The Bertz CT molecular complexity index is 250. The zero-order valence-corrected chi connectivity index (χ0v) is 9.99. The largest absolute Gasteiger partial charge is 0.198 e. The summed E-state index contributed by atoms with van der Waals surface area (Å²) in [6, 6.07) is 2.43. The van der Waals surface area contributed by atoms with Crippen molar-refractivity contribution in [2.24, 2.45) is 5.92 Å². The fourth-order valence-electron chi connectivity index (χ4n) is 1.70. The van der Waals surface area contributed by atoms with Crippen LogP contribution in [0.5, 0.6) is 0 Å². The lowest BCUT2D eigenvalue weighted by molar-refractivity contribution is 0.559. The molecule has 0 aromatic heterocycles. The lowest BCUT2D eigenvalue weighted by Crippen LogP contribution is -2.02. The van der Waals surface area contributed by atoms with Crippen LogP contribution >= 0.6 is 11.8 Å². The van der Waals surface area contributed by atoms with Crippen LogP contribution in [-0.4, -0.2) is 11.5 Å². The van der Waals surface area contributed by atoms with Crippen molar-refractivity contribution >= 4 is 11.8 Å². The summed E-state index contributed by atoms with van der Waals surface area (Å²) in [5.41, 5.74) is 2.92. The quantitative estimate of drug-likeness (QED) is 0.567. The third-order valence-electron chi connectivity index (χ3n) is 2.87. The highest BCUT2D eigenvalue weighted by molar-refractivity contribution is 7.99. The molecule has 0 N–H and O–H groups in total.